The lowest BCUT2D eigenvalue weighted by atomic mass is 10.3. The molecule has 6 nitrogen and oxygen atoms in total. The molecule has 1 aromatic rings. The van der Waals surface area contributed by atoms with E-state index in [0.29, 0.717) is 26.2 Å². The summed E-state index contributed by atoms with van der Waals surface area (Å²) >= 11 is 0. The molecule has 0 saturated carbocycles. The summed E-state index contributed by atoms with van der Waals surface area (Å²) in [4.78, 5) is 22.3. The highest BCUT2D eigenvalue weighted by Gasteiger charge is 2.20. The fourth-order valence-corrected chi connectivity index (χ4v) is 1.58. The molecule has 0 spiro atoms. The molecule has 1 fully saturated rings. The van der Waals surface area contributed by atoms with Crippen LogP contribution >= 0.6 is 0 Å². The smallest absolute Gasteiger partial charge is 0.407 e. The number of piperazine rings is 1. The summed E-state index contributed by atoms with van der Waals surface area (Å²) in [6.45, 7) is 2.38. The Bertz CT molecular complexity index is 335. The quantitative estimate of drug-likeness (QED) is 0.717. The standard InChI is InChI=1S/C9H12N4O2/c14-9(15)13-5-3-12(4-6-13)8-7-10-1-2-11-8/h1-2,7H,3-6H2,(H,14,15). The van der Waals surface area contributed by atoms with E-state index in [4.69, 9.17) is 5.11 Å². The summed E-state index contributed by atoms with van der Waals surface area (Å²) in [6.07, 6.45) is 4.10. The maximum atomic E-state index is 10.7. The number of amides is 1. The molecule has 2 heterocycles. The summed E-state index contributed by atoms with van der Waals surface area (Å²) in [5.41, 5.74) is 0. The molecular weight excluding hydrogens is 196 g/mol. The normalized spacial score (nSPS) is 16.5. The molecule has 0 unspecified atom stereocenters. The van der Waals surface area contributed by atoms with E-state index in [0.717, 1.165) is 5.82 Å². The number of hydrogen-bond donors (Lipinski definition) is 1. The molecule has 2 rings (SSSR count). The van der Waals surface area contributed by atoms with Crippen LogP contribution in [0, 0.1) is 0 Å². The third-order valence-electron chi connectivity index (χ3n) is 2.42. The van der Waals surface area contributed by atoms with Gasteiger partial charge in [-0.2, -0.15) is 0 Å². The van der Waals surface area contributed by atoms with E-state index < -0.39 is 6.09 Å². The van der Waals surface area contributed by atoms with Gasteiger partial charge in [-0.15, -0.1) is 0 Å². The van der Waals surface area contributed by atoms with E-state index >= 15 is 0 Å². The average Bonchev–Trinajstić information content (AvgIpc) is 2.30. The van der Waals surface area contributed by atoms with Gasteiger partial charge in [-0.3, -0.25) is 4.98 Å². The third-order valence-corrected chi connectivity index (χ3v) is 2.42. The predicted molar refractivity (Wildman–Crippen MR) is 53.8 cm³/mol. The van der Waals surface area contributed by atoms with Crippen molar-refractivity contribution in [3.63, 3.8) is 0 Å². The molecule has 1 aliphatic heterocycles. The first-order chi connectivity index (χ1) is 7.27. The molecule has 0 aromatic carbocycles. The summed E-state index contributed by atoms with van der Waals surface area (Å²) < 4.78 is 0. The van der Waals surface area contributed by atoms with Gasteiger partial charge in [0, 0.05) is 38.6 Å². The number of carbonyl (C=O) groups is 1. The Hall–Kier alpha value is -1.85. The Kier molecular flexibility index (Phi) is 2.66. The van der Waals surface area contributed by atoms with E-state index in [-0.39, 0.29) is 0 Å². The van der Waals surface area contributed by atoms with Gasteiger partial charge in [0.2, 0.25) is 0 Å². The number of anilines is 1. The maximum Gasteiger partial charge on any atom is 0.407 e. The van der Waals surface area contributed by atoms with Crippen LogP contribution in [0.15, 0.2) is 18.6 Å². The second-order valence-corrected chi connectivity index (χ2v) is 3.32. The first-order valence-corrected chi connectivity index (χ1v) is 4.76. The second-order valence-electron chi connectivity index (χ2n) is 3.32. The lowest BCUT2D eigenvalue weighted by Gasteiger charge is -2.33. The molecule has 0 radical (unpaired) electrons. The zero-order valence-electron chi connectivity index (χ0n) is 8.20. The van der Waals surface area contributed by atoms with Crippen molar-refractivity contribution in [1.82, 2.24) is 14.9 Å². The SMILES string of the molecule is O=C(O)N1CCN(c2cnccn2)CC1. The van der Waals surface area contributed by atoms with Gasteiger partial charge in [0.25, 0.3) is 0 Å². The number of aromatic nitrogens is 2. The molecule has 0 aliphatic carbocycles. The minimum absolute atomic E-state index is 0.520. The van der Waals surface area contributed by atoms with Crippen molar-refractivity contribution in [3.05, 3.63) is 18.6 Å². The van der Waals surface area contributed by atoms with Gasteiger partial charge >= 0.3 is 6.09 Å². The number of carboxylic acid groups (broad SMARTS) is 1. The second kappa shape index (κ2) is 4.12. The van der Waals surface area contributed by atoms with Gasteiger partial charge in [0.1, 0.15) is 5.82 Å². The minimum atomic E-state index is -0.853. The Morgan fingerprint density at radius 3 is 2.53 bits per heavy atom. The lowest BCUT2D eigenvalue weighted by Crippen LogP contribution is -2.48. The third kappa shape index (κ3) is 2.15. The Balaban J connectivity index is 1.97. The number of hydrogen-bond acceptors (Lipinski definition) is 4. The van der Waals surface area contributed by atoms with Gasteiger partial charge in [-0.05, 0) is 0 Å². The number of nitrogens with zero attached hydrogens (tertiary/aromatic N) is 4. The van der Waals surface area contributed by atoms with Crippen molar-refractivity contribution in [1.29, 1.82) is 0 Å². The fourth-order valence-electron chi connectivity index (χ4n) is 1.58. The average molecular weight is 208 g/mol. The summed E-state index contributed by atoms with van der Waals surface area (Å²) in [6, 6.07) is 0. The summed E-state index contributed by atoms with van der Waals surface area (Å²) in [7, 11) is 0. The highest BCUT2D eigenvalue weighted by molar-refractivity contribution is 5.65. The highest BCUT2D eigenvalue weighted by atomic mass is 16.4. The van der Waals surface area contributed by atoms with Crippen molar-refractivity contribution in [2.75, 3.05) is 31.1 Å². The van der Waals surface area contributed by atoms with Crippen molar-refractivity contribution in [2.45, 2.75) is 0 Å². The predicted octanol–water partition coefficient (Wildman–Crippen LogP) is 0.277. The van der Waals surface area contributed by atoms with Crippen molar-refractivity contribution >= 4 is 11.9 Å². The largest absolute Gasteiger partial charge is 0.465 e. The van der Waals surface area contributed by atoms with Gasteiger partial charge in [-0.1, -0.05) is 0 Å². The van der Waals surface area contributed by atoms with Crippen LogP contribution in [0.3, 0.4) is 0 Å². The van der Waals surface area contributed by atoms with Crippen LogP contribution in [0.5, 0.6) is 0 Å². The Labute approximate surface area is 87.2 Å². The van der Waals surface area contributed by atoms with E-state index in [1.54, 1.807) is 18.6 Å². The van der Waals surface area contributed by atoms with Gasteiger partial charge in [0.15, 0.2) is 0 Å². The summed E-state index contributed by atoms with van der Waals surface area (Å²) in [5, 5.41) is 8.77. The molecule has 1 aliphatic rings. The molecule has 1 amide bonds. The molecule has 1 aromatic heterocycles. The zero-order chi connectivity index (χ0) is 10.7. The highest BCUT2D eigenvalue weighted by Crippen LogP contribution is 2.10. The van der Waals surface area contributed by atoms with Crippen LogP contribution in [-0.4, -0.2) is 52.2 Å². The van der Waals surface area contributed by atoms with Gasteiger partial charge in [0.05, 0.1) is 6.20 Å². The van der Waals surface area contributed by atoms with Crippen LogP contribution < -0.4 is 4.90 Å². The molecular formula is C9H12N4O2. The molecule has 80 valence electrons. The molecule has 15 heavy (non-hydrogen) atoms. The van der Waals surface area contributed by atoms with E-state index in [1.165, 1.54) is 4.90 Å². The first kappa shape index (κ1) is 9.70. The molecule has 1 saturated heterocycles. The monoisotopic (exact) mass is 208 g/mol. The van der Waals surface area contributed by atoms with E-state index in [1.807, 2.05) is 4.90 Å². The van der Waals surface area contributed by atoms with Crippen LogP contribution in [0.25, 0.3) is 0 Å². The van der Waals surface area contributed by atoms with Gasteiger partial charge < -0.3 is 14.9 Å². The van der Waals surface area contributed by atoms with Crippen LogP contribution in [-0.2, 0) is 0 Å². The molecule has 6 heteroatoms. The minimum Gasteiger partial charge on any atom is -0.465 e. The van der Waals surface area contributed by atoms with Crippen LogP contribution in [0.1, 0.15) is 0 Å². The Morgan fingerprint density at radius 1 is 1.27 bits per heavy atom. The van der Waals surface area contributed by atoms with Crippen LogP contribution in [0.2, 0.25) is 0 Å². The topological polar surface area (TPSA) is 69.6 Å². The van der Waals surface area contributed by atoms with Gasteiger partial charge in [-0.25, -0.2) is 9.78 Å². The molecule has 0 atom stereocenters. The lowest BCUT2D eigenvalue weighted by molar-refractivity contribution is 0.142. The van der Waals surface area contributed by atoms with E-state index in [2.05, 4.69) is 9.97 Å². The van der Waals surface area contributed by atoms with Crippen molar-refractivity contribution in [3.8, 4) is 0 Å². The number of rotatable bonds is 1. The molecule has 1 N–H and O–H groups in total. The Morgan fingerprint density at radius 2 is 2.00 bits per heavy atom. The maximum absolute atomic E-state index is 10.7. The zero-order valence-corrected chi connectivity index (χ0v) is 8.20. The summed E-state index contributed by atoms with van der Waals surface area (Å²) in [5.74, 6) is 0.808. The first-order valence-electron chi connectivity index (χ1n) is 4.76. The molecule has 0 bridgehead atoms. The van der Waals surface area contributed by atoms with E-state index in [9.17, 15) is 4.79 Å². The fraction of sp³-hybridized carbons (Fsp3) is 0.444. The van der Waals surface area contributed by atoms with Crippen LogP contribution in [0.4, 0.5) is 10.6 Å². The van der Waals surface area contributed by atoms with Crippen molar-refractivity contribution < 1.29 is 9.90 Å². The van der Waals surface area contributed by atoms with Crippen molar-refractivity contribution in [2.24, 2.45) is 0 Å².